The van der Waals surface area contributed by atoms with Gasteiger partial charge in [-0.25, -0.2) is 4.39 Å². The highest BCUT2D eigenvalue weighted by Crippen LogP contribution is 2.46. The molecule has 0 N–H and O–H groups in total. The first-order chi connectivity index (χ1) is 8.97. The number of hydrogen-bond donors (Lipinski definition) is 0. The van der Waals surface area contributed by atoms with E-state index < -0.39 is 0 Å². The Kier molecular flexibility index (Phi) is 3.19. The van der Waals surface area contributed by atoms with Crippen molar-refractivity contribution >= 4 is 0 Å². The Morgan fingerprint density at radius 2 is 1.89 bits per heavy atom. The molecular weight excluding hydrogens is 235 g/mol. The van der Waals surface area contributed by atoms with Crippen molar-refractivity contribution in [2.45, 2.75) is 65.2 Å². The van der Waals surface area contributed by atoms with Gasteiger partial charge in [0.05, 0.1) is 0 Å². The summed E-state index contributed by atoms with van der Waals surface area (Å²) in [6, 6.07) is 3.76. The molecule has 3 rings (SSSR count). The Labute approximate surface area is 116 Å². The lowest BCUT2D eigenvalue weighted by Crippen LogP contribution is -2.16. The van der Waals surface area contributed by atoms with Crippen LogP contribution in [-0.4, -0.2) is 0 Å². The normalized spacial score (nSPS) is 22.6. The lowest BCUT2D eigenvalue weighted by molar-refractivity contribution is 0.319. The summed E-state index contributed by atoms with van der Waals surface area (Å²) in [6.45, 7) is 6.92. The number of benzene rings is 1. The molecule has 0 heterocycles. The van der Waals surface area contributed by atoms with Gasteiger partial charge in [-0.1, -0.05) is 39.7 Å². The fraction of sp³-hybridized carbons (Fsp3) is 0.667. The topological polar surface area (TPSA) is 0 Å². The van der Waals surface area contributed by atoms with Crippen LogP contribution in [0.1, 0.15) is 69.1 Å². The number of rotatable bonds is 3. The van der Waals surface area contributed by atoms with Crippen LogP contribution >= 0.6 is 0 Å². The van der Waals surface area contributed by atoms with Crippen LogP contribution in [0.15, 0.2) is 12.1 Å². The molecule has 0 bridgehead atoms. The Bertz CT molecular complexity index is 477. The van der Waals surface area contributed by atoms with E-state index in [1.165, 1.54) is 36.8 Å². The van der Waals surface area contributed by atoms with E-state index in [0.29, 0.717) is 5.92 Å². The first-order valence-electron chi connectivity index (χ1n) is 7.77. The number of hydrogen-bond acceptors (Lipinski definition) is 0. The van der Waals surface area contributed by atoms with Crippen molar-refractivity contribution in [3.8, 4) is 0 Å². The zero-order chi connectivity index (χ0) is 13.6. The molecule has 1 saturated carbocycles. The minimum atomic E-state index is 0.0361. The fourth-order valence-electron chi connectivity index (χ4n) is 3.67. The van der Waals surface area contributed by atoms with Crippen molar-refractivity contribution in [1.29, 1.82) is 0 Å². The van der Waals surface area contributed by atoms with Gasteiger partial charge < -0.3 is 0 Å². The van der Waals surface area contributed by atoms with E-state index >= 15 is 0 Å². The highest BCUT2D eigenvalue weighted by Gasteiger charge is 2.34. The van der Waals surface area contributed by atoms with Crippen molar-refractivity contribution in [2.75, 3.05) is 0 Å². The zero-order valence-electron chi connectivity index (χ0n) is 12.4. The van der Waals surface area contributed by atoms with Crippen LogP contribution in [0.5, 0.6) is 0 Å². The first kappa shape index (κ1) is 13.1. The minimum Gasteiger partial charge on any atom is -0.207 e. The molecule has 0 nitrogen and oxygen atoms in total. The van der Waals surface area contributed by atoms with Crippen LogP contribution in [0, 0.1) is 17.2 Å². The lowest BCUT2D eigenvalue weighted by Gasteiger charge is -2.28. The van der Waals surface area contributed by atoms with Crippen LogP contribution in [0.4, 0.5) is 4.39 Å². The van der Waals surface area contributed by atoms with Gasteiger partial charge in [-0.05, 0) is 65.7 Å². The highest BCUT2D eigenvalue weighted by molar-refractivity contribution is 5.43. The standard InChI is InChI=1S/C18H25F/c1-18(2,3)16-10-8-13-14(16)9-11-17(19)15(13)7-6-12-4-5-12/h9,11-12,16H,4-8,10H2,1-3H3/t16-/m1/s1. The predicted octanol–water partition coefficient (Wildman–Crippen LogP) is 5.24. The van der Waals surface area contributed by atoms with E-state index in [2.05, 4.69) is 20.8 Å². The molecule has 2 aliphatic carbocycles. The summed E-state index contributed by atoms with van der Waals surface area (Å²) in [7, 11) is 0. The molecule has 0 saturated heterocycles. The summed E-state index contributed by atoms with van der Waals surface area (Å²) in [5.41, 5.74) is 4.10. The molecular formula is C18H25F. The van der Waals surface area contributed by atoms with Gasteiger partial charge in [-0.15, -0.1) is 0 Å². The molecule has 1 fully saturated rings. The van der Waals surface area contributed by atoms with Crippen LogP contribution in [-0.2, 0) is 12.8 Å². The summed E-state index contributed by atoms with van der Waals surface area (Å²) in [5.74, 6) is 1.52. The highest BCUT2D eigenvalue weighted by atomic mass is 19.1. The summed E-state index contributed by atoms with van der Waals surface area (Å²) in [4.78, 5) is 0. The third kappa shape index (κ3) is 2.57. The van der Waals surface area contributed by atoms with Gasteiger partial charge in [0.15, 0.2) is 0 Å². The van der Waals surface area contributed by atoms with Gasteiger partial charge in [-0.2, -0.15) is 0 Å². The molecule has 0 amide bonds. The Morgan fingerprint density at radius 1 is 1.16 bits per heavy atom. The van der Waals surface area contributed by atoms with Crippen molar-refractivity contribution < 1.29 is 4.39 Å². The van der Waals surface area contributed by atoms with Crippen LogP contribution in [0.3, 0.4) is 0 Å². The average molecular weight is 260 g/mol. The average Bonchev–Trinajstić information content (AvgIpc) is 3.03. The smallest absolute Gasteiger partial charge is 0.126 e. The van der Waals surface area contributed by atoms with Crippen molar-refractivity contribution in [3.05, 3.63) is 34.6 Å². The zero-order valence-corrected chi connectivity index (χ0v) is 12.4. The van der Waals surface area contributed by atoms with Gasteiger partial charge in [0, 0.05) is 0 Å². The second kappa shape index (κ2) is 4.61. The van der Waals surface area contributed by atoms with Crippen LogP contribution in [0.2, 0.25) is 0 Å². The van der Waals surface area contributed by atoms with Gasteiger partial charge in [0.1, 0.15) is 5.82 Å². The Hall–Kier alpha value is -0.850. The van der Waals surface area contributed by atoms with Crippen molar-refractivity contribution in [2.24, 2.45) is 11.3 Å². The van der Waals surface area contributed by atoms with Crippen LogP contribution in [0.25, 0.3) is 0 Å². The third-order valence-corrected chi connectivity index (χ3v) is 5.01. The fourth-order valence-corrected chi connectivity index (χ4v) is 3.67. The Balaban J connectivity index is 1.90. The van der Waals surface area contributed by atoms with E-state index in [-0.39, 0.29) is 11.2 Å². The predicted molar refractivity (Wildman–Crippen MR) is 78.0 cm³/mol. The largest absolute Gasteiger partial charge is 0.207 e. The molecule has 2 aliphatic rings. The SMILES string of the molecule is CC(C)(C)[C@@H]1CCc2c1ccc(F)c2CCC1CC1. The first-order valence-corrected chi connectivity index (χ1v) is 7.77. The Morgan fingerprint density at radius 3 is 2.53 bits per heavy atom. The maximum atomic E-state index is 14.1. The molecule has 0 spiro atoms. The van der Waals surface area contributed by atoms with E-state index in [9.17, 15) is 4.39 Å². The molecule has 1 atom stereocenters. The summed E-state index contributed by atoms with van der Waals surface area (Å²) in [5, 5.41) is 0. The van der Waals surface area contributed by atoms with E-state index in [0.717, 1.165) is 24.3 Å². The van der Waals surface area contributed by atoms with E-state index in [1.807, 2.05) is 6.07 Å². The molecule has 0 unspecified atom stereocenters. The minimum absolute atomic E-state index is 0.0361. The maximum Gasteiger partial charge on any atom is 0.126 e. The summed E-state index contributed by atoms with van der Waals surface area (Å²) >= 11 is 0. The van der Waals surface area contributed by atoms with Gasteiger partial charge >= 0.3 is 0 Å². The molecule has 19 heavy (non-hydrogen) atoms. The summed E-state index contributed by atoms with van der Waals surface area (Å²) < 4.78 is 14.1. The molecule has 104 valence electrons. The lowest BCUT2D eigenvalue weighted by atomic mass is 9.77. The molecule has 1 aromatic rings. The quantitative estimate of drug-likeness (QED) is 0.696. The van der Waals surface area contributed by atoms with E-state index in [1.54, 1.807) is 6.07 Å². The maximum absolute atomic E-state index is 14.1. The van der Waals surface area contributed by atoms with E-state index in [4.69, 9.17) is 0 Å². The molecule has 0 aliphatic heterocycles. The van der Waals surface area contributed by atoms with Gasteiger partial charge in [0.2, 0.25) is 0 Å². The summed E-state index contributed by atoms with van der Waals surface area (Å²) in [6.07, 6.45) is 7.14. The monoisotopic (exact) mass is 260 g/mol. The van der Waals surface area contributed by atoms with Crippen molar-refractivity contribution in [1.82, 2.24) is 0 Å². The molecule has 0 radical (unpaired) electrons. The molecule has 0 aromatic heterocycles. The van der Waals surface area contributed by atoms with Gasteiger partial charge in [-0.3, -0.25) is 0 Å². The number of fused-ring (bicyclic) bond motifs is 1. The second-order valence-electron chi connectivity index (χ2n) is 7.53. The second-order valence-corrected chi connectivity index (χ2v) is 7.53. The molecule has 1 aromatic carbocycles. The van der Waals surface area contributed by atoms with Crippen LogP contribution < -0.4 is 0 Å². The van der Waals surface area contributed by atoms with Gasteiger partial charge in [0.25, 0.3) is 0 Å². The van der Waals surface area contributed by atoms with Crippen molar-refractivity contribution in [3.63, 3.8) is 0 Å². The number of halogens is 1. The molecule has 1 heteroatoms. The third-order valence-electron chi connectivity index (χ3n) is 5.01.